The maximum absolute atomic E-state index is 13.4. The van der Waals surface area contributed by atoms with E-state index in [4.69, 9.17) is 50.8 Å². The molecule has 0 aromatic carbocycles. The van der Waals surface area contributed by atoms with Gasteiger partial charge in [-0.2, -0.15) is 0 Å². The number of ether oxygens (including phenoxy) is 2. The van der Waals surface area contributed by atoms with Gasteiger partial charge in [-0.25, -0.2) is 34.5 Å². The Labute approximate surface area is 256 Å². The van der Waals surface area contributed by atoms with Gasteiger partial charge in [-0.1, -0.05) is 12.2 Å². The zero-order chi connectivity index (χ0) is 31.0. The second-order valence-corrected chi connectivity index (χ2v) is 15.6. The van der Waals surface area contributed by atoms with Gasteiger partial charge >= 0.3 is 13.5 Å². The van der Waals surface area contributed by atoms with Crippen LogP contribution in [0.1, 0.15) is 12.5 Å². The van der Waals surface area contributed by atoms with Crippen LogP contribution >= 0.6 is 25.8 Å². The highest BCUT2D eigenvalue weighted by atomic mass is 32.7. The van der Waals surface area contributed by atoms with Gasteiger partial charge < -0.3 is 40.6 Å². The van der Waals surface area contributed by atoms with Crippen LogP contribution in [0.25, 0.3) is 22.3 Å². The number of nitrogens with zero attached hydrogens (tertiary/aromatic N) is 8. The van der Waals surface area contributed by atoms with E-state index < -0.39 is 75.8 Å². The normalized spacial score (nSPS) is 38.3. The number of rotatable bonds is 2. The molecule has 24 heteroatoms. The summed E-state index contributed by atoms with van der Waals surface area (Å²) in [6.07, 6.45) is -5.32. The quantitative estimate of drug-likeness (QED) is 0.113. The minimum absolute atomic E-state index is 0.106. The van der Waals surface area contributed by atoms with Gasteiger partial charge in [0.05, 0.1) is 25.9 Å². The number of fused-ring (bicyclic) bond motifs is 4. The Kier molecular flexibility index (Phi) is 7.64. The molecule has 4 aromatic rings. The average molecular weight is 691 g/mol. The van der Waals surface area contributed by atoms with E-state index in [0.29, 0.717) is 0 Å². The molecular weight excluding hydrogens is 666 g/mol. The minimum Gasteiger partial charge on any atom is -0.386 e. The summed E-state index contributed by atoms with van der Waals surface area (Å²) in [5.41, 5.74) is 12.8. The molecule has 0 saturated carbocycles. The highest BCUT2D eigenvalue weighted by Gasteiger charge is 2.53. The maximum Gasteiger partial charge on any atom is 0.386 e. The van der Waals surface area contributed by atoms with Crippen molar-refractivity contribution in [1.29, 1.82) is 0 Å². The van der Waals surface area contributed by atoms with Crippen LogP contribution in [0.3, 0.4) is 0 Å². The van der Waals surface area contributed by atoms with Gasteiger partial charge in [-0.3, -0.25) is 22.7 Å². The first-order valence-corrected chi connectivity index (χ1v) is 18.1. The van der Waals surface area contributed by atoms with E-state index in [9.17, 15) is 19.7 Å². The van der Waals surface area contributed by atoms with Crippen LogP contribution in [0.5, 0.6) is 0 Å². The largest absolute Gasteiger partial charge is 0.386 e. The van der Waals surface area contributed by atoms with Crippen molar-refractivity contribution in [2.75, 3.05) is 24.7 Å². The Bertz CT molecular complexity index is 1700. The number of anilines is 2. The lowest BCUT2D eigenvalue weighted by atomic mass is 10.1. The van der Waals surface area contributed by atoms with Gasteiger partial charge in [0.25, 0.3) is 0 Å². The molecule has 44 heavy (non-hydrogen) atoms. The number of imidazole rings is 2. The molecule has 3 saturated heterocycles. The molecule has 3 aliphatic rings. The lowest BCUT2D eigenvalue weighted by Gasteiger charge is -2.29. The van der Waals surface area contributed by atoms with E-state index in [2.05, 4.69) is 42.2 Å². The first-order valence-electron chi connectivity index (χ1n) is 12.8. The molecule has 3 aliphatic heterocycles. The summed E-state index contributed by atoms with van der Waals surface area (Å²) in [5.74, 6) is 0.213. The summed E-state index contributed by atoms with van der Waals surface area (Å²) >= 11 is 9.33. The van der Waals surface area contributed by atoms with E-state index in [0.717, 1.165) is 0 Å². The van der Waals surface area contributed by atoms with Gasteiger partial charge in [0.15, 0.2) is 35.4 Å². The summed E-state index contributed by atoms with van der Waals surface area (Å²) in [6.45, 7) is -9.39. The average Bonchev–Trinajstić information content (AvgIpc) is 3.73. The maximum atomic E-state index is 13.4. The number of thiol groups is 1. The summed E-state index contributed by atoms with van der Waals surface area (Å²) < 4.78 is 50.6. The van der Waals surface area contributed by atoms with E-state index in [1.54, 1.807) is 0 Å². The van der Waals surface area contributed by atoms with Crippen molar-refractivity contribution in [3.8, 4) is 0 Å². The van der Waals surface area contributed by atoms with Crippen LogP contribution in [0, 0.1) is 0 Å². The summed E-state index contributed by atoms with van der Waals surface area (Å²) in [6, 6.07) is 0. The third kappa shape index (κ3) is 5.28. The molecular formula is C20H24N10O10P2S2. The van der Waals surface area contributed by atoms with Crippen LogP contribution in [0.4, 0.5) is 11.6 Å². The van der Waals surface area contributed by atoms with E-state index in [1.807, 2.05) is 0 Å². The third-order valence-corrected chi connectivity index (χ3v) is 10.4. The Morgan fingerprint density at radius 2 is 1.30 bits per heavy atom. The van der Waals surface area contributed by atoms with E-state index in [-0.39, 0.29) is 34.0 Å². The van der Waals surface area contributed by atoms with Crippen molar-refractivity contribution < 1.29 is 47.2 Å². The number of aliphatic hydroxyl groups excluding tert-OH is 2. The smallest absolute Gasteiger partial charge is 0.386 e. The molecule has 0 amide bonds. The van der Waals surface area contributed by atoms with Crippen LogP contribution < -0.4 is 11.5 Å². The third-order valence-electron chi connectivity index (χ3n) is 7.26. The molecule has 0 radical (unpaired) electrons. The first kappa shape index (κ1) is 30.2. The summed E-state index contributed by atoms with van der Waals surface area (Å²) in [5, 5.41) is 22.5. The molecule has 0 aliphatic carbocycles. The molecule has 0 spiro atoms. The van der Waals surface area contributed by atoms with E-state index >= 15 is 0 Å². The topological polar surface area (TPSA) is 272 Å². The number of hydrogen-bond acceptors (Lipinski definition) is 18. The van der Waals surface area contributed by atoms with Crippen LogP contribution in [-0.2, 0) is 43.9 Å². The number of hydrogen-bond donors (Lipinski definition) is 6. The van der Waals surface area contributed by atoms with Crippen molar-refractivity contribution in [2.24, 2.45) is 0 Å². The standard InChI is InChI=1S/C20H24N10O10P2S2/c21-15-9-17(25-3-23-15)29(5-27-9)19-11(31)13-7(37-19)1-35-41(33,43)40-14-8(2-36-42(34,44)39-13)38-20(12(14)32)30-6-28-10-16(22)24-4-26-18(10)30/h3-8,11-14,19-20,31-32H,1-2H2,(H,33,43)(H,34,44)(H2,21,23,25)(H2,22,24,26)/t7-,8-,11+,12+,13+,14+,19-,20-,41?,42?/m0/s1. The van der Waals surface area contributed by atoms with Crippen molar-refractivity contribution in [2.45, 2.75) is 49.1 Å². The monoisotopic (exact) mass is 690 g/mol. The molecule has 236 valence electrons. The number of nitrogens with two attached hydrogens (primary N) is 2. The lowest BCUT2D eigenvalue weighted by molar-refractivity contribution is -0.0577. The molecule has 2 unspecified atom stereocenters. The van der Waals surface area contributed by atoms with Crippen molar-refractivity contribution in [3.05, 3.63) is 25.3 Å². The Morgan fingerprint density at radius 3 is 1.82 bits per heavy atom. The molecule has 4 aromatic heterocycles. The zero-order valence-corrected chi connectivity index (χ0v) is 25.5. The molecule has 3 fully saturated rings. The van der Waals surface area contributed by atoms with Crippen LogP contribution in [-0.4, -0.2) is 104 Å². The highest BCUT2D eigenvalue weighted by molar-refractivity contribution is 8.44. The number of aromatic nitrogens is 8. The SMILES string of the molecule is Nc1ncnc2c1ncn2[C@H]1O[C@H]2COP(O)(=S)O[C@H]3[C@@H](O)[C@@H](n4cnc5c(N)ncnc54)O[C@H]3COP(=O)(S)O[C@H]2[C@H]1O. The van der Waals surface area contributed by atoms with Crippen molar-refractivity contribution >= 4 is 71.5 Å². The fourth-order valence-electron chi connectivity index (χ4n) is 5.24. The van der Waals surface area contributed by atoms with Crippen LogP contribution in [0.15, 0.2) is 25.3 Å². The van der Waals surface area contributed by atoms with Gasteiger partial charge in [-0.15, -0.1) is 0 Å². The van der Waals surface area contributed by atoms with Gasteiger partial charge in [0.1, 0.15) is 60.3 Å². The lowest BCUT2D eigenvalue weighted by Crippen LogP contribution is -2.38. The predicted molar refractivity (Wildman–Crippen MR) is 154 cm³/mol. The zero-order valence-electron chi connectivity index (χ0n) is 22.0. The summed E-state index contributed by atoms with van der Waals surface area (Å²) in [4.78, 5) is 35.4. The molecule has 7 heterocycles. The minimum atomic E-state index is -4.26. The van der Waals surface area contributed by atoms with Gasteiger partial charge in [0.2, 0.25) is 0 Å². The Hall–Kier alpha value is -2.43. The van der Waals surface area contributed by atoms with E-state index in [1.165, 1.54) is 34.4 Å². The first-order chi connectivity index (χ1) is 20.9. The fraction of sp³-hybridized carbons (Fsp3) is 0.500. The van der Waals surface area contributed by atoms with Gasteiger partial charge in [0, 0.05) is 0 Å². The molecule has 10 atom stereocenters. The second kappa shape index (κ2) is 11.1. The number of aliphatic hydroxyl groups is 2. The van der Waals surface area contributed by atoms with Crippen molar-refractivity contribution in [1.82, 2.24) is 39.0 Å². The Morgan fingerprint density at radius 1 is 0.818 bits per heavy atom. The predicted octanol–water partition coefficient (Wildman–Crippen LogP) is -0.581. The Balaban J connectivity index is 1.17. The second-order valence-electron chi connectivity index (χ2n) is 9.95. The highest BCUT2D eigenvalue weighted by Crippen LogP contribution is 2.58. The molecule has 7 rings (SSSR count). The van der Waals surface area contributed by atoms with Crippen LogP contribution in [0.2, 0.25) is 0 Å². The molecule has 20 nitrogen and oxygen atoms in total. The van der Waals surface area contributed by atoms with Gasteiger partial charge in [-0.05, 0) is 11.8 Å². The molecule has 0 bridgehead atoms. The van der Waals surface area contributed by atoms with Crippen molar-refractivity contribution in [3.63, 3.8) is 0 Å². The molecule has 7 N–H and O–H groups in total. The number of nitrogen functional groups attached to an aromatic ring is 2. The summed E-state index contributed by atoms with van der Waals surface area (Å²) in [7, 11) is 0. The fourth-order valence-corrected chi connectivity index (χ4v) is 8.18.